The van der Waals surface area contributed by atoms with Crippen LogP contribution in [0.4, 0.5) is 0 Å². The van der Waals surface area contributed by atoms with E-state index in [1.54, 1.807) is 37.2 Å². The van der Waals surface area contributed by atoms with Crippen LogP contribution in [0.15, 0.2) is 22.6 Å². The second kappa shape index (κ2) is 7.20. The summed E-state index contributed by atoms with van der Waals surface area (Å²) in [5.74, 6) is 0.646. The number of rotatable bonds is 5. The Morgan fingerprint density at radius 1 is 1.32 bits per heavy atom. The lowest BCUT2D eigenvalue weighted by Crippen LogP contribution is -2.26. The number of hydrogen-bond donors (Lipinski definition) is 0. The SMILES string of the molecule is CN(C)C(=O)COCc1nc2c(o1)CN(C(=O)c1cccc(Cl)n1)C2. The maximum atomic E-state index is 12.4. The number of carbonyl (C=O) groups excluding carboxylic acids is 2. The zero-order valence-electron chi connectivity index (χ0n) is 13.9. The van der Waals surface area contributed by atoms with Gasteiger partial charge in [0.05, 0.1) is 13.1 Å². The van der Waals surface area contributed by atoms with Gasteiger partial charge in [-0.3, -0.25) is 9.59 Å². The van der Waals surface area contributed by atoms with Gasteiger partial charge in [0.25, 0.3) is 5.91 Å². The van der Waals surface area contributed by atoms with Crippen LogP contribution >= 0.6 is 11.6 Å². The fraction of sp³-hybridized carbons (Fsp3) is 0.375. The van der Waals surface area contributed by atoms with Gasteiger partial charge in [-0.2, -0.15) is 0 Å². The molecule has 0 bridgehead atoms. The van der Waals surface area contributed by atoms with Crippen LogP contribution < -0.4 is 0 Å². The van der Waals surface area contributed by atoms with Crippen LogP contribution in [0.25, 0.3) is 0 Å². The molecule has 0 radical (unpaired) electrons. The number of pyridine rings is 1. The van der Waals surface area contributed by atoms with Gasteiger partial charge in [-0.05, 0) is 12.1 Å². The number of fused-ring (bicyclic) bond motifs is 1. The van der Waals surface area contributed by atoms with Crippen molar-refractivity contribution in [2.75, 3.05) is 20.7 Å². The monoisotopic (exact) mass is 364 g/mol. The Balaban J connectivity index is 1.57. The van der Waals surface area contributed by atoms with Gasteiger partial charge in [0, 0.05) is 14.1 Å². The zero-order chi connectivity index (χ0) is 18.0. The quantitative estimate of drug-likeness (QED) is 0.747. The predicted octanol–water partition coefficient (Wildman–Crippen LogP) is 1.48. The molecular formula is C16H17ClN4O4. The molecular weight excluding hydrogens is 348 g/mol. The highest BCUT2D eigenvalue weighted by atomic mass is 35.5. The molecule has 2 aromatic heterocycles. The first kappa shape index (κ1) is 17.4. The van der Waals surface area contributed by atoms with Crippen LogP contribution in [0.3, 0.4) is 0 Å². The number of halogens is 1. The summed E-state index contributed by atoms with van der Waals surface area (Å²) in [5, 5.41) is 0.270. The Hall–Kier alpha value is -2.45. The molecule has 3 heterocycles. The standard InChI is InChI=1S/C16H17ClN4O4/c1-20(2)15(22)9-24-8-14-19-11-6-21(7-12(11)25-14)16(23)10-4-3-5-13(17)18-10/h3-5H,6-9H2,1-2H3. The Morgan fingerprint density at radius 2 is 2.12 bits per heavy atom. The van der Waals surface area contributed by atoms with E-state index < -0.39 is 0 Å². The van der Waals surface area contributed by atoms with Crippen molar-refractivity contribution in [3.63, 3.8) is 0 Å². The van der Waals surface area contributed by atoms with E-state index in [1.165, 1.54) is 4.90 Å². The largest absolute Gasteiger partial charge is 0.441 e. The minimum absolute atomic E-state index is 0.0366. The highest BCUT2D eigenvalue weighted by molar-refractivity contribution is 6.29. The minimum Gasteiger partial charge on any atom is -0.441 e. The van der Waals surface area contributed by atoms with Crippen molar-refractivity contribution < 1.29 is 18.7 Å². The average Bonchev–Trinajstić information content (AvgIpc) is 3.12. The molecule has 0 saturated heterocycles. The number of carbonyl (C=O) groups is 2. The van der Waals surface area contributed by atoms with E-state index in [0.717, 1.165) is 0 Å². The maximum absolute atomic E-state index is 12.4. The summed E-state index contributed by atoms with van der Waals surface area (Å²) >= 11 is 5.82. The van der Waals surface area contributed by atoms with E-state index in [0.29, 0.717) is 30.4 Å². The number of ether oxygens (including phenoxy) is 1. The Kier molecular flexibility index (Phi) is 5.00. The molecule has 2 amide bonds. The number of amides is 2. The fourth-order valence-electron chi connectivity index (χ4n) is 2.34. The second-order valence-electron chi connectivity index (χ2n) is 5.77. The highest BCUT2D eigenvalue weighted by Crippen LogP contribution is 2.25. The van der Waals surface area contributed by atoms with E-state index in [2.05, 4.69) is 9.97 Å². The Bertz CT molecular complexity index is 782. The lowest BCUT2D eigenvalue weighted by Gasteiger charge is -2.14. The topological polar surface area (TPSA) is 88.8 Å². The molecule has 0 unspecified atom stereocenters. The van der Waals surface area contributed by atoms with E-state index in [4.69, 9.17) is 20.8 Å². The summed E-state index contributed by atoms with van der Waals surface area (Å²) in [4.78, 5) is 35.2. The highest BCUT2D eigenvalue weighted by Gasteiger charge is 2.30. The smallest absolute Gasteiger partial charge is 0.273 e. The summed E-state index contributed by atoms with van der Waals surface area (Å²) in [7, 11) is 3.32. The van der Waals surface area contributed by atoms with Gasteiger partial charge in [-0.1, -0.05) is 17.7 Å². The van der Waals surface area contributed by atoms with Crippen molar-refractivity contribution in [3.05, 3.63) is 46.4 Å². The molecule has 0 N–H and O–H groups in total. The van der Waals surface area contributed by atoms with Gasteiger partial charge >= 0.3 is 0 Å². The molecule has 25 heavy (non-hydrogen) atoms. The van der Waals surface area contributed by atoms with Crippen LogP contribution in [0, 0.1) is 0 Å². The van der Waals surface area contributed by atoms with Crippen molar-refractivity contribution in [3.8, 4) is 0 Å². The number of nitrogens with zero attached hydrogens (tertiary/aromatic N) is 4. The van der Waals surface area contributed by atoms with E-state index in [1.807, 2.05) is 0 Å². The average molecular weight is 365 g/mol. The van der Waals surface area contributed by atoms with Crippen LogP contribution in [0.2, 0.25) is 5.15 Å². The summed E-state index contributed by atoms with van der Waals surface area (Å²) < 4.78 is 10.9. The first-order valence-corrected chi connectivity index (χ1v) is 7.99. The molecule has 0 fully saturated rings. The molecule has 0 aromatic carbocycles. The molecule has 1 aliphatic rings. The van der Waals surface area contributed by atoms with Crippen molar-refractivity contribution in [2.24, 2.45) is 0 Å². The van der Waals surface area contributed by atoms with Crippen molar-refractivity contribution >= 4 is 23.4 Å². The van der Waals surface area contributed by atoms with Gasteiger partial charge in [-0.25, -0.2) is 9.97 Å². The normalized spacial score (nSPS) is 13.0. The van der Waals surface area contributed by atoms with Crippen LogP contribution in [-0.4, -0.2) is 52.3 Å². The molecule has 3 rings (SSSR count). The third-order valence-electron chi connectivity index (χ3n) is 3.67. The summed E-state index contributed by atoms with van der Waals surface area (Å²) in [6, 6.07) is 4.91. The molecule has 9 heteroatoms. The van der Waals surface area contributed by atoms with Crippen LogP contribution in [0.1, 0.15) is 27.8 Å². The van der Waals surface area contributed by atoms with E-state index >= 15 is 0 Å². The third-order valence-corrected chi connectivity index (χ3v) is 3.88. The number of hydrogen-bond acceptors (Lipinski definition) is 6. The van der Waals surface area contributed by atoms with Crippen LogP contribution in [0.5, 0.6) is 0 Å². The maximum Gasteiger partial charge on any atom is 0.273 e. The zero-order valence-corrected chi connectivity index (χ0v) is 14.6. The minimum atomic E-state index is -0.231. The van der Waals surface area contributed by atoms with Gasteiger partial charge in [0.1, 0.15) is 35.5 Å². The number of likely N-dealkylation sites (N-methyl/N-ethyl adjacent to an activating group) is 1. The predicted molar refractivity (Wildman–Crippen MR) is 87.7 cm³/mol. The molecule has 132 valence electrons. The number of oxazole rings is 1. The van der Waals surface area contributed by atoms with Gasteiger partial charge in [-0.15, -0.1) is 0 Å². The third kappa shape index (κ3) is 3.97. The molecule has 2 aromatic rings. The lowest BCUT2D eigenvalue weighted by atomic mass is 10.3. The van der Waals surface area contributed by atoms with E-state index in [-0.39, 0.29) is 35.9 Å². The summed E-state index contributed by atoms with van der Waals surface area (Å²) in [5.41, 5.74) is 0.969. The van der Waals surface area contributed by atoms with Crippen molar-refractivity contribution in [1.82, 2.24) is 19.8 Å². The summed E-state index contributed by atoms with van der Waals surface area (Å²) in [6.45, 7) is 0.718. The van der Waals surface area contributed by atoms with Gasteiger partial charge < -0.3 is 19.0 Å². The Labute approximate surface area is 149 Å². The first-order chi connectivity index (χ1) is 11.9. The summed E-state index contributed by atoms with van der Waals surface area (Å²) in [6.07, 6.45) is 0. The molecule has 1 aliphatic heterocycles. The fourth-order valence-corrected chi connectivity index (χ4v) is 2.51. The molecule has 0 atom stereocenters. The van der Waals surface area contributed by atoms with Crippen molar-refractivity contribution in [1.29, 1.82) is 0 Å². The number of aromatic nitrogens is 2. The van der Waals surface area contributed by atoms with Crippen molar-refractivity contribution in [2.45, 2.75) is 19.7 Å². The first-order valence-electron chi connectivity index (χ1n) is 7.61. The Morgan fingerprint density at radius 3 is 2.80 bits per heavy atom. The molecule has 0 aliphatic carbocycles. The van der Waals surface area contributed by atoms with Gasteiger partial charge in [0.2, 0.25) is 11.8 Å². The van der Waals surface area contributed by atoms with E-state index in [9.17, 15) is 9.59 Å². The molecule has 0 spiro atoms. The van der Waals surface area contributed by atoms with Gasteiger partial charge in [0.15, 0.2) is 0 Å². The van der Waals surface area contributed by atoms with Crippen LogP contribution in [-0.2, 0) is 29.2 Å². The second-order valence-corrected chi connectivity index (χ2v) is 6.15. The lowest BCUT2D eigenvalue weighted by molar-refractivity contribution is -0.134. The molecule has 0 saturated carbocycles. The molecule has 8 nitrogen and oxygen atoms in total.